The smallest absolute Gasteiger partial charge is 0.336 e. The maximum atomic E-state index is 11.4. The molecule has 0 aliphatic rings. The number of nitro benzene ring substituents is 1. The number of nitrogens with zero attached hydrogens (tertiary/aromatic N) is 1. The third-order valence-corrected chi connectivity index (χ3v) is 3.45. The maximum absolute atomic E-state index is 11.4. The number of carboxylic acids is 1. The number of aromatic carboxylic acids is 1. The number of hydrogen-bond donors (Lipinski definition) is 1. The maximum Gasteiger partial charge on any atom is 0.336 e. The topological polar surface area (TPSA) is 80.4 Å². The van der Waals surface area contributed by atoms with E-state index >= 15 is 0 Å². The average molecular weight is 284 g/mol. The molecule has 5 heteroatoms. The van der Waals surface area contributed by atoms with Crippen molar-refractivity contribution in [3.05, 3.63) is 82.3 Å². The summed E-state index contributed by atoms with van der Waals surface area (Å²) in [5.74, 6) is -1.21. The molecule has 0 fully saturated rings. The van der Waals surface area contributed by atoms with Gasteiger partial charge in [-0.3, -0.25) is 10.1 Å². The molecule has 0 amide bonds. The molecule has 21 heavy (non-hydrogen) atoms. The van der Waals surface area contributed by atoms with E-state index in [1.165, 1.54) is 12.1 Å². The SMILES string of the molecule is [CH2+]C(C)(c1ccccc1)c1ccc([N+](=O)[O-])cc1C(=O)O. The number of non-ortho nitro benzene ring substituents is 1. The molecule has 1 atom stereocenters. The first-order valence-corrected chi connectivity index (χ1v) is 6.27. The van der Waals surface area contributed by atoms with Crippen LogP contribution in [0.2, 0.25) is 0 Å². The van der Waals surface area contributed by atoms with Crippen LogP contribution in [0.3, 0.4) is 0 Å². The number of nitro groups is 1. The lowest BCUT2D eigenvalue weighted by Crippen LogP contribution is -2.23. The zero-order valence-corrected chi connectivity index (χ0v) is 11.4. The Hall–Kier alpha value is -2.82. The van der Waals surface area contributed by atoms with Gasteiger partial charge >= 0.3 is 5.97 Å². The molecular formula is C16H14NO4+. The quantitative estimate of drug-likeness (QED) is 0.530. The third-order valence-electron chi connectivity index (χ3n) is 3.45. The van der Waals surface area contributed by atoms with Gasteiger partial charge in [0.05, 0.1) is 17.4 Å². The van der Waals surface area contributed by atoms with Crippen molar-refractivity contribution >= 4 is 11.7 Å². The second-order valence-electron chi connectivity index (χ2n) is 4.99. The van der Waals surface area contributed by atoms with E-state index < -0.39 is 16.3 Å². The number of carboxylic acid groups (broad SMARTS) is 1. The summed E-state index contributed by atoms with van der Waals surface area (Å²) in [6, 6.07) is 13.1. The van der Waals surface area contributed by atoms with Crippen LogP contribution in [0.1, 0.15) is 28.4 Å². The Morgan fingerprint density at radius 1 is 1.24 bits per heavy atom. The zero-order valence-electron chi connectivity index (χ0n) is 11.4. The van der Waals surface area contributed by atoms with Crippen LogP contribution in [0.4, 0.5) is 5.69 Å². The third kappa shape index (κ3) is 2.72. The van der Waals surface area contributed by atoms with Crippen molar-refractivity contribution < 1.29 is 14.8 Å². The van der Waals surface area contributed by atoms with Crippen LogP contribution in [-0.2, 0) is 5.41 Å². The predicted molar refractivity (Wildman–Crippen MR) is 78.3 cm³/mol. The van der Waals surface area contributed by atoms with Crippen molar-refractivity contribution in [2.75, 3.05) is 0 Å². The Morgan fingerprint density at radius 2 is 1.86 bits per heavy atom. The van der Waals surface area contributed by atoms with E-state index in [4.69, 9.17) is 0 Å². The van der Waals surface area contributed by atoms with E-state index in [2.05, 4.69) is 6.92 Å². The highest BCUT2D eigenvalue weighted by Crippen LogP contribution is 2.34. The highest BCUT2D eigenvalue weighted by molar-refractivity contribution is 5.91. The molecule has 0 aliphatic carbocycles. The van der Waals surface area contributed by atoms with Crippen molar-refractivity contribution in [2.24, 2.45) is 0 Å². The van der Waals surface area contributed by atoms with Crippen molar-refractivity contribution in [3.8, 4) is 0 Å². The molecule has 0 spiro atoms. The van der Waals surface area contributed by atoms with E-state index in [9.17, 15) is 20.0 Å². The van der Waals surface area contributed by atoms with E-state index in [1.807, 2.05) is 30.3 Å². The fourth-order valence-corrected chi connectivity index (χ4v) is 2.27. The van der Waals surface area contributed by atoms with E-state index in [1.54, 1.807) is 6.92 Å². The van der Waals surface area contributed by atoms with Gasteiger partial charge in [-0.05, 0) is 13.0 Å². The Morgan fingerprint density at radius 3 is 2.38 bits per heavy atom. The molecule has 0 aliphatic heterocycles. The molecular weight excluding hydrogens is 270 g/mol. The van der Waals surface area contributed by atoms with Gasteiger partial charge in [0.15, 0.2) is 5.41 Å². The molecule has 5 nitrogen and oxygen atoms in total. The Labute approximate surface area is 122 Å². The van der Waals surface area contributed by atoms with Crippen molar-refractivity contribution in [3.63, 3.8) is 0 Å². The van der Waals surface area contributed by atoms with E-state index in [-0.39, 0.29) is 11.3 Å². The molecule has 1 N–H and O–H groups in total. The second-order valence-corrected chi connectivity index (χ2v) is 4.99. The predicted octanol–water partition coefficient (Wildman–Crippen LogP) is 3.43. The minimum absolute atomic E-state index is 0.106. The summed E-state index contributed by atoms with van der Waals surface area (Å²) in [5.41, 5.74) is 0.100. The molecule has 0 bridgehead atoms. The first-order valence-electron chi connectivity index (χ1n) is 6.27. The molecule has 2 aromatic carbocycles. The van der Waals surface area contributed by atoms with Crippen molar-refractivity contribution in [2.45, 2.75) is 12.3 Å². The molecule has 2 rings (SSSR count). The fourth-order valence-electron chi connectivity index (χ4n) is 2.27. The summed E-state index contributed by atoms with van der Waals surface area (Å²) in [7, 11) is 0. The van der Waals surface area contributed by atoms with Crippen LogP contribution < -0.4 is 0 Å². The van der Waals surface area contributed by atoms with Gasteiger partial charge in [0, 0.05) is 23.3 Å². The van der Waals surface area contributed by atoms with Crippen LogP contribution >= 0.6 is 0 Å². The van der Waals surface area contributed by atoms with Crippen LogP contribution in [0.15, 0.2) is 48.5 Å². The summed E-state index contributed by atoms with van der Waals surface area (Å²) in [4.78, 5) is 21.6. The first kappa shape index (κ1) is 14.6. The molecule has 0 heterocycles. The highest BCUT2D eigenvalue weighted by Gasteiger charge is 2.35. The number of hydrogen-bond acceptors (Lipinski definition) is 3. The summed E-state index contributed by atoms with van der Waals surface area (Å²) in [5, 5.41) is 20.1. The molecule has 0 saturated heterocycles. The van der Waals surface area contributed by atoms with Gasteiger partial charge in [-0.15, -0.1) is 0 Å². The van der Waals surface area contributed by atoms with E-state index in [0.717, 1.165) is 11.6 Å². The van der Waals surface area contributed by atoms with Crippen LogP contribution in [-0.4, -0.2) is 16.0 Å². The highest BCUT2D eigenvalue weighted by atomic mass is 16.6. The van der Waals surface area contributed by atoms with Gasteiger partial charge in [0.1, 0.15) is 0 Å². The molecule has 2 aromatic rings. The minimum Gasteiger partial charge on any atom is -0.478 e. The van der Waals surface area contributed by atoms with Gasteiger partial charge in [-0.25, -0.2) is 4.79 Å². The number of carbonyl (C=O) groups is 1. The first-order chi connectivity index (χ1) is 9.84. The lowest BCUT2D eigenvalue weighted by molar-refractivity contribution is -0.384. The van der Waals surface area contributed by atoms with Gasteiger partial charge in [0.25, 0.3) is 5.69 Å². The lowest BCUT2D eigenvalue weighted by atomic mass is 9.76. The average Bonchev–Trinajstić information content (AvgIpc) is 2.47. The van der Waals surface area contributed by atoms with Crippen molar-refractivity contribution in [1.82, 2.24) is 0 Å². The van der Waals surface area contributed by atoms with Crippen LogP contribution in [0.25, 0.3) is 0 Å². The van der Waals surface area contributed by atoms with E-state index in [0.29, 0.717) is 5.56 Å². The lowest BCUT2D eigenvalue weighted by Gasteiger charge is -2.20. The Bertz CT molecular complexity index is 693. The molecule has 1 unspecified atom stereocenters. The van der Waals surface area contributed by atoms with Gasteiger partial charge in [-0.2, -0.15) is 0 Å². The summed E-state index contributed by atoms with van der Waals surface area (Å²) in [6.07, 6.45) is 0. The Balaban J connectivity index is 2.63. The summed E-state index contributed by atoms with van der Waals surface area (Å²) in [6.45, 7) is 5.88. The molecule has 0 radical (unpaired) electrons. The zero-order chi connectivity index (χ0) is 15.6. The number of rotatable bonds is 4. The molecule has 106 valence electrons. The van der Waals surface area contributed by atoms with Gasteiger partial charge < -0.3 is 5.11 Å². The fraction of sp³-hybridized carbons (Fsp3) is 0.125. The van der Waals surface area contributed by atoms with Crippen LogP contribution in [0, 0.1) is 17.0 Å². The summed E-state index contributed by atoms with van der Waals surface area (Å²) >= 11 is 0. The Kier molecular flexibility index (Phi) is 3.67. The summed E-state index contributed by atoms with van der Waals surface area (Å²) < 4.78 is 0. The van der Waals surface area contributed by atoms with Crippen molar-refractivity contribution in [1.29, 1.82) is 0 Å². The normalized spacial score (nSPS) is 13.4. The van der Waals surface area contributed by atoms with Crippen LogP contribution in [0.5, 0.6) is 0 Å². The van der Waals surface area contributed by atoms with Gasteiger partial charge in [0.2, 0.25) is 0 Å². The minimum atomic E-state index is -1.21. The number of benzene rings is 2. The standard InChI is InChI=1S/C16H13NO4/c1-16(2,11-6-4-3-5-7-11)14-9-8-12(17(20)21)10-13(14)15(18)19/h3-10H,1H2,2H3/p+1. The monoisotopic (exact) mass is 284 g/mol. The molecule has 0 aromatic heterocycles. The second kappa shape index (κ2) is 5.28. The molecule has 0 saturated carbocycles. The van der Waals surface area contributed by atoms with Gasteiger partial charge in [-0.1, -0.05) is 30.3 Å². The largest absolute Gasteiger partial charge is 0.478 e.